The fourth-order valence-corrected chi connectivity index (χ4v) is 4.66. The fraction of sp³-hybridized carbons (Fsp3) is 0. The monoisotopic (exact) mass is 420 g/mol. The first-order valence-electron chi connectivity index (χ1n) is 9.26. The quantitative estimate of drug-likeness (QED) is 0.334. The number of nitrogens with zero attached hydrogens (tertiary/aromatic N) is 2. The Hall–Kier alpha value is -3.70. The van der Waals surface area contributed by atoms with E-state index in [1.807, 2.05) is 48.5 Å². The van der Waals surface area contributed by atoms with E-state index in [2.05, 4.69) is 58.0 Å². The largest absolute Gasteiger partial charge is 0.192 e. The normalized spacial score (nSPS) is 11.0. The summed E-state index contributed by atoms with van der Waals surface area (Å²) in [6, 6.07) is 19.4. The Kier molecular flexibility index (Phi) is 6.01. The van der Waals surface area contributed by atoms with Crippen molar-refractivity contribution < 1.29 is 0 Å². The summed E-state index contributed by atoms with van der Waals surface area (Å²) in [5, 5.41) is 26.5. The van der Waals surface area contributed by atoms with Gasteiger partial charge in [-0.05, 0) is 68.0 Å². The third-order valence-corrected chi connectivity index (χ3v) is 6.19. The van der Waals surface area contributed by atoms with Crippen molar-refractivity contribution in [1.29, 1.82) is 10.5 Å². The summed E-state index contributed by atoms with van der Waals surface area (Å²) in [5.41, 5.74) is 8.25. The van der Waals surface area contributed by atoms with Crippen LogP contribution in [0.2, 0.25) is 0 Å². The minimum atomic E-state index is 0.667. The average molecular weight is 421 g/mol. The van der Waals surface area contributed by atoms with Crippen molar-refractivity contribution in [2.24, 2.45) is 0 Å². The van der Waals surface area contributed by atoms with E-state index in [0.717, 1.165) is 11.1 Å². The molecule has 0 atom stereocenters. The number of hydrogen-bond donors (Lipinski definition) is 0. The lowest BCUT2D eigenvalue weighted by molar-refractivity contribution is 1.48. The third kappa shape index (κ3) is 4.47. The van der Waals surface area contributed by atoms with Gasteiger partial charge in [-0.15, -0.1) is 0 Å². The molecule has 0 N–H and O–H groups in total. The zero-order valence-corrected chi connectivity index (χ0v) is 17.6. The lowest BCUT2D eigenvalue weighted by atomic mass is 10.0. The topological polar surface area (TPSA) is 47.6 Å². The molecule has 0 saturated carbocycles. The summed E-state index contributed by atoms with van der Waals surface area (Å²) in [4.78, 5) is 0. The van der Waals surface area contributed by atoms with Crippen LogP contribution in [0.5, 0.6) is 0 Å². The second-order valence-electron chi connectivity index (χ2n) is 6.62. The molecule has 4 rings (SSSR count). The molecule has 2 aromatic heterocycles. The van der Waals surface area contributed by atoms with Gasteiger partial charge in [0.1, 0.15) is 0 Å². The van der Waals surface area contributed by atoms with E-state index in [1.54, 1.807) is 22.7 Å². The van der Waals surface area contributed by atoms with Crippen LogP contribution in [0.25, 0.3) is 35.4 Å². The predicted molar refractivity (Wildman–Crippen MR) is 128 cm³/mol. The van der Waals surface area contributed by atoms with Gasteiger partial charge in [0.05, 0.1) is 23.3 Å². The van der Waals surface area contributed by atoms with Crippen molar-refractivity contribution in [3.63, 3.8) is 0 Å². The van der Waals surface area contributed by atoms with Crippen LogP contribution in [-0.4, -0.2) is 0 Å². The molecule has 4 heteroatoms. The molecule has 0 bridgehead atoms. The molecule has 0 amide bonds. The molecule has 142 valence electrons. The summed E-state index contributed by atoms with van der Waals surface area (Å²) in [6.45, 7) is 0. The lowest BCUT2D eigenvalue weighted by Crippen LogP contribution is -1.79. The van der Waals surface area contributed by atoms with Crippen LogP contribution in [0, 0.1) is 22.7 Å². The van der Waals surface area contributed by atoms with Crippen LogP contribution in [0.3, 0.4) is 0 Å². The maximum Gasteiger partial charge on any atom is 0.0991 e. The number of nitriles is 2. The van der Waals surface area contributed by atoms with Gasteiger partial charge in [-0.2, -0.15) is 33.2 Å². The van der Waals surface area contributed by atoms with E-state index in [9.17, 15) is 0 Å². The van der Waals surface area contributed by atoms with Crippen LogP contribution in [0.15, 0.2) is 70.1 Å². The van der Waals surface area contributed by atoms with Crippen LogP contribution in [-0.2, 0) is 0 Å². The molecule has 0 aliphatic carbocycles. The molecule has 30 heavy (non-hydrogen) atoms. The van der Waals surface area contributed by atoms with Crippen LogP contribution < -0.4 is 0 Å². The molecule has 2 aromatic carbocycles. The minimum Gasteiger partial charge on any atom is -0.192 e. The molecule has 0 aliphatic heterocycles. The van der Waals surface area contributed by atoms with Crippen molar-refractivity contribution in [1.82, 2.24) is 0 Å². The third-order valence-electron chi connectivity index (χ3n) is 4.66. The van der Waals surface area contributed by atoms with E-state index < -0.39 is 0 Å². The lowest BCUT2D eigenvalue weighted by Gasteiger charge is -2.01. The Morgan fingerprint density at radius 2 is 0.933 bits per heavy atom. The fourth-order valence-electron chi connectivity index (χ4n) is 3.02. The summed E-state index contributed by atoms with van der Waals surface area (Å²) in [6.07, 6.45) is 8.40. The minimum absolute atomic E-state index is 0.667. The zero-order valence-electron chi connectivity index (χ0n) is 15.9. The summed E-state index contributed by atoms with van der Waals surface area (Å²) < 4.78 is 0. The van der Waals surface area contributed by atoms with Crippen molar-refractivity contribution >= 4 is 47.0 Å². The first-order chi connectivity index (χ1) is 14.8. The van der Waals surface area contributed by atoms with Crippen molar-refractivity contribution in [2.45, 2.75) is 0 Å². The Bertz CT molecular complexity index is 1190. The van der Waals surface area contributed by atoms with Crippen molar-refractivity contribution in [3.05, 3.63) is 103 Å². The van der Waals surface area contributed by atoms with E-state index in [4.69, 9.17) is 10.5 Å². The molecule has 0 fully saturated rings. The van der Waals surface area contributed by atoms with Gasteiger partial charge < -0.3 is 0 Å². The number of thiophene rings is 2. The zero-order chi connectivity index (χ0) is 20.8. The van der Waals surface area contributed by atoms with E-state index in [0.29, 0.717) is 11.1 Å². The highest BCUT2D eigenvalue weighted by Crippen LogP contribution is 2.34. The molecule has 0 aliphatic rings. The molecular formula is C26H16N2S2. The highest BCUT2D eigenvalue weighted by molar-refractivity contribution is 7.09. The Morgan fingerprint density at radius 1 is 0.533 bits per heavy atom. The summed E-state index contributed by atoms with van der Waals surface area (Å²) in [7, 11) is 0. The van der Waals surface area contributed by atoms with Gasteiger partial charge in [-0.25, -0.2) is 0 Å². The highest BCUT2D eigenvalue weighted by Gasteiger charge is 2.09. The van der Waals surface area contributed by atoms with Crippen molar-refractivity contribution in [3.8, 4) is 23.3 Å². The maximum atomic E-state index is 8.93. The number of rotatable bonds is 5. The summed E-state index contributed by atoms with van der Waals surface area (Å²) >= 11 is 3.38. The van der Waals surface area contributed by atoms with Gasteiger partial charge in [0.15, 0.2) is 0 Å². The highest BCUT2D eigenvalue weighted by atomic mass is 32.1. The Morgan fingerprint density at radius 3 is 1.30 bits per heavy atom. The molecule has 2 nitrogen and oxygen atoms in total. The molecular weight excluding hydrogens is 404 g/mol. The first-order valence-corrected chi connectivity index (χ1v) is 11.1. The molecule has 2 heterocycles. The van der Waals surface area contributed by atoms with Crippen LogP contribution in [0.1, 0.15) is 33.4 Å². The SMILES string of the molecule is N#Cc1ccc(C=Cc2cscc2-c2cscc2C=Cc2ccc(C#N)cc2)cc1. The number of benzene rings is 2. The molecule has 0 radical (unpaired) electrons. The Balaban J connectivity index is 1.57. The second-order valence-corrected chi connectivity index (χ2v) is 8.10. The van der Waals surface area contributed by atoms with Gasteiger partial charge in [0, 0.05) is 11.1 Å². The molecule has 0 spiro atoms. The maximum absolute atomic E-state index is 8.93. The molecule has 0 unspecified atom stereocenters. The van der Waals surface area contributed by atoms with Crippen LogP contribution in [0.4, 0.5) is 0 Å². The second kappa shape index (κ2) is 9.20. The molecule has 0 saturated heterocycles. The average Bonchev–Trinajstić information content (AvgIpc) is 3.45. The molecule has 4 aromatic rings. The van der Waals surface area contributed by atoms with Gasteiger partial charge in [0.2, 0.25) is 0 Å². The van der Waals surface area contributed by atoms with Crippen molar-refractivity contribution in [2.75, 3.05) is 0 Å². The van der Waals surface area contributed by atoms with Crippen LogP contribution >= 0.6 is 22.7 Å². The smallest absolute Gasteiger partial charge is 0.0991 e. The standard InChI is InChI=1S/C26H16N2S2/c27-13-21-5-1-19(2-6-21)9-11-23-15-29-17-25(23)26-18-30-16-24(26)12-10-20-3-7-22(14-28)8-4-20/h1-12,15-18H. The van der Waals surface area contributed by atoms with Gasteiger partial charge >= 0.3 is 0 Å². The predicted octanol–water partition coefficient (Wildman–Crippen LogP) is 7.56. The van der Waals surface area contributed by atoms with E-state index >= 15 is 0 Å². The van der Waals surface area contributed by atoms with E-state index in [-0.39, 0.29) is 0 Å². The summed E-state index contributed by atoms with van der Waals surface area (Å²) in [5.74, 6) is 0. The van der Waals surface area contributed by atoms with E-state index in [1.165, 1.54) is 22.3 Å². The van der Waals surface area contributed by atoms with Gasteiger partial charge in [-0.1, -0.05) is 48.6 Å². The van der Waals surface area contributed by atoms with Gasteiger partial charge in [-0.3, -0.25) is 0 Å². The number of hydrogen-bond acceptors (Lipinski definition) is 4. The Labute approximate surface area is 183 Å². The van der Waals surface area contributed by atoms with Gasteiger partial charge in [0.25, 0.3) is 0 Å². The first kappa shape index (κ1) is 19.6.